The van der Waals surface area contributed by atoms with Crippen molar-refractivity contribution < 1.29 is 18.0 Å². The molecule has 0 spiro atoms. The Kier molecular flexibility index (Phi) is 4.96. The molecule has 0 saturated carbocycles. The Morgan fingerprint density at radius 1 is 1.06 bits per heavy atom. The number of likely N-dealkylation sites (N-methyl/N-ethyl adjacent to an activating group) is 1. The van der Waals surface area contributed by atoms with Gasteiger partial charge in [0.2, 0.25) is 0 Å². The van der Waals surface area contributed by atoms with E-state index in [1.165, 1.54) is 28.0 Å². The lowest BCUT2D eigenvalue weighted by Crippen LogP contribution is -2.29. The third kappa shape index (κ3) is 3.42. The van der Waals surface area contributed by atoms with Gasteiger partial charge in [-0.3, -0.25) is 4.90 Å². The summed E-state index contributed by atoms with van der Waals surface area (Å²) in [7, 11) is 1.54. The van der Waals surface area contributed by atoms with Crippen molar-refractivity contribution in [3.05, 3.63) is 70.9 Å². The van der Waals surface area contributed by atoms with Crippen LogP contribution in [-0.4, -0.2) is 39.5 Å². The maximum Gasteiger partial charge on any atom is 0.324 e. The Morgan fingerprint density at radius 2 is 1.76 bits per heavy atom. The van der Waals surface area contributed by atoms with Crippen molar-refractivity contribution in [2.45, 2.75) is 19.9 Å². The Bertz CT molecular complexity index is 1450. The molecule has 0 aliphatic carbocycles. The monoisotopic (exact) mass is 466 g/mol. The number of urea groups is 1. The minimum Gasteiger partial charge on any atom is -0.383 e. The predicted molar refractivity (Wildman–Crippen MR) is 123 cm³/mol. The molecule has 0 bridgehead atoms. The first kappa shape index (κ1) is 21.7. The van der Waals surface area contributed by atoms with E-state index in [4.69, 9.17) is 5.73 Å². The van der Waals surface area contributed by atoms with Gasteiger partial charge in [-0.2, -0.15) is 0 Å². The fourth-order valence-electron chi connectivity index (χ4n) is 4.58. The number of carbonyl (C=O) groups is 1. The van der Waals surface area contributed by atoms with Gasteiger partial charge in [0, 0.05) is 35.6 Å². The Morgan fingerprint density at radius 3 is 2.44 bits per heavy atom. The zero-order valence-electron chi connectivity index (χ0n) is 18.7. The number of rotatable bonds is 3. The number of anilines is 2. The number of hydrogen-bond donors (Lipinski definition) is 2. The van der Waals surface area contributed by atoms with E-state index in [0.29, 0.717) is 39.4 Å². The first-order valence-electron chi connectivity index (χ1n) is 10.6. The number of aromatic amines is 1. The van der Waals surface area contributed by atoms with Crippen molar-refractivity contribution in [1.82, 2.24) is 19.9 Å². The number of hydrogen-bond acceptors (Lipinski definition) is 4. The van der Waals surface area contributed by atoms with Crippen LogP contribution in [0, 0.1) is 31.3 Å². The lowest BCUT2D eigenvalue weighted by atomic mass is 10.0. The average Bonchev–Trinajstić information content (AvgIpc) is 3.23. The van der Waals surface area contributed by atoms with E-state index in [2.05, 4.69) is 15.0 Å². The molecular formula is C24H21F3N6O. The summed E-state index contributed by atoms with van der Waals surface area (Å²) in [6.07, 6.45) is 0. The molecule has 3 heterocycles. The second kappa shape index (κ2) is 7.75. The van der Waals surface area contributed by atoms with Gasteiger partial charge >= 0.3 is 6.03 Å². The summed E-state index contributed by atoms with van der Waals surface area (Å²) >= 11 is 0. The molecule has 2 aromatic carbocycles. The van der Waals surface area contributed by atoms with Crippen LogP contribution in [0.15, 0.2) is 36.4 Å². The molecule has 1 aliphatic rings. The van der Waals surface area contributed by atoms with Crippen molar-refractivity contribution in [3.8, 4) is 11.1 Å². The largest absolute Gasteiger partial charge is 0.383 e. The summed E-state index contributed by atoms with van der Waals surface area (Å²) in [6.45, 7) is 3.63. The number of H-pyrrole nitrogens is 1. The van der Waals surface area contributed by atoms with Crippen molar-refractivity contribution in [2.24, 2.45) is 0 Å². The van der Waals surface area contributed by atoms with Crippen LogP contribution in [0.2, 0.25) is 0 Å². The molecule has 10 heteroatoms. The molecule has 174 valence electrons. The van der Waals surface area contributed by atoms with Gasteiger partial charge in [0.25, 0.3) is 0 Å². The molecule has 1 aliphatic heterocycles. The highest BCUT2D eigenvalue weighted by molar-refractivity contribution is 6.02. The van der Waals surface area contributed by atoms with Gasteiger partial charge in [-0.25, -0.2) is 27.9 Å². The fourth-order valence-corrected chi connectivity index (χ4v) is 4.58. The number of benzene rings is 2. The van der Waals surface area contributed by atoms with Gasteiger partial charge in [-0.1, -0.05) is 0 Å². The van der Waals surface area contributed by atoms with E-state index >= 15 is 4.39 Å². The minimum atomic E-state index is -0.725. The smallest absolute Gasteiger partial charge is 0.324 e. The predicted octanol–water partition coefficient (Wildman–Crippen LogP) is 4.85. The van der Waals surface area contributed by atoms with Crippen LogP contribution < -0.4 is 10.6 Å². The van der Waals surface area contributed by atoms with Crippen LogP contribution in [0.4, 0.5) is 29.5 Å². The zero-order chi connectivity index (χ0) is 24.3. The minimum absolute atomic E-state index is 0.114. The number of aromatic nitrogens is 3. The summed E-state index contributed by atoms with van der Waals surface area (Å²) in [6, 6.07) is 6.63. The van der Waals surface area contributed by atoms with Crippen molar-refractivity contribution in [1.29, 1.82) is 0 Å². The maximum atomic E-state index is 15.4. The molecule has 0 radical (unpaired) electrons. The Labute approximate surface area is 193 Å². The van der Waals surface area contributed by atoms with Gasteiger partial charge in [0.05, 0.1) is 18.0 Å². The van der Waals surface area contributed by atoms with Crippen LogP contribution in [0.3, 0.4) is 0 Å². The van der Waals surface area contributed by atoms with Crippen molar-refractivity contribution in [2.75, 3.05) is 24.2 Å². The van der Waals surface area contributed by atoms with Gasteiger partial charge in [-0.05, 0) is 49.7 Å². The quantitative estimate of drug-likeness (QED) is 0.451. The highest BCUT2D eigenvalue weighted by Crippen LogP contribution is 2.38. The summed E-state index contributed by atoms with van der Waals surface area (Å²) < 4.78 is 42.8. The zero-order valence-corrected chi connectivity index (χ0v) is 18.7. The second-order valence-corrected chi connectivity index (χ2v) is 8.39. The molecular weight excluding hydrogens is 445 g/mol. The molecule has 5 rings (SSSR count). The van der Waals surface area contributed by atoms with E-state index in [1.54, 1.807) is 33.0 Å². The number of fused-ring (bicyclic) bond motifs is 1. The molecule has 1 atom stereocenters. The van der Waals surface area contributed by atoms with E-state index in [0.717, 1.165) is 6.07 Å². The molecule has 2 aromatic heterocycles. The SMILES string of the molecule is Cc1nc(N)c2c(-c3ccc(N4CC(c5cc(F)cc(F)c5)N(C)C4=O)cc3F)c(C)[nH]c2n1. The summed E-state index contributed by atoms with van der Waals surface area (Å²) in [5.74, 6) is -1.27. The molecule has 3 N–H and O–H groups in total. The number of carbonyl (C=O) groups excluding carboxylic acids is 1. The van der Waals surface area contributed by atoms with E-state index < -0.39 is 29.5 Å². The second-order valence-electron chi connectivity index (χ2n) is 8.39. The lowest BCUT2D eigenvalue weighted by molar-refractivity contribution is 0.219. The van der Waals surface area contributed by atoms with Crippen molar-refractivity contribution in [3.63, 3.8) is 0 Å². The molecule has 34 heavy (non-hydrogen) atoms. The Hall–Kier alpha value is -4.08. The highest BCUT2D eigenvalue weighted by Gasteiger charge is 2.37. The lowest BCUT2D eigenvalue weighted by Gasteiger charge is -2.18. The van der Waals surface area contributed by atoms with Gasteiger partial charge in [0.15, 0.2) is 0 Å². The Balaban J connectivity index is 1.52. The van der Waals surface area contributed by atoms with E-state index in [9.17, 15) is 13.6 Å². The van der Waals surface area contributed by atoms with Gasteiger partial charge in [0.1, 0.15) is 34.7 Å². The van der Waals surface area contributed by atoms with Crippen LogP contribution in [0.5, 0.6) is 0 Å². The molecule has 1 fully saturated rings. The third-order valence-corrected chi connectivity index (χ3v) is 6.14. The standard InChI is InChI=1S/C24H21F3N6O/c1-11-20(21-22(28)30-12(2)31-23(21)29-11)17-5-4-16(9-18(17)27)33-10-19(32(3)24(33)34)13-6-14(25)8-15(26)7-13/h4-9,19H,10H2,1-3H3,(H3,28,29,30,31). The number of nitrogens with two attached hydrogens (primary N) is 1. The molecule has 4 aromatic rings. The third-order valence-electron chi connectivity index (χ3n) is 6.14. The number of nitrogens with one attached hydrogen (secondary N) is 1. The average molecular weight is 466 g/mol. The van der Waals surface area contributed by atoms with Crippen LogP contribution in [-0.2, 0) is 0 Å². The molecule has 7 nitrogen and oxygen atoms in total. The van der Waals surface area contributed by atoms with Gasteiger partial charge in [-0.15, -0.1) is 0 Å². The number of nitrogen functional groups attached to an aromatic ring is 1. The molecule has 1 saturated heterocycles. The summed E-state index contributed by atoms with van der Waals surface area (Å²) in [5.41, 5.74) is 8.80. The van der Waals surface area contributed by atoms with Crippen LogP contribution >= 0.6 is 0 Å². The number of nitrogens with zero attached hydrogens (tertiary/aromatic N) is 4. The summed E-state index contributed by atoms with van der Waals surface area (Å²) in [5, 5.41) is 0.528. The number of halogens is 3. The maximum absolute atomic E-state index is 15.4. The normalized spacial score (nSPS) is 16.2. The fraction of sp³-hybridized carbons (Fsp3) is 0.208. The van der Waals surface area contributed by atoms with E-state index in [-0.39, 0.29) is 17.9 Å². The van der Waals surface area contributed by atoms with Crippen LogP contribution in [0.25, 0.3) is 22.2 Å². The van der Waals surface area contributed by atoms with Gasteiger partial charge < -0.3 is 15.6 Å². The first-order chi connectivity index (χ1) is 16.1. The number of amides is 2. The number of aryl methyl sites for hydroxylation is 2. The van der Waals surface area contributed by atoms with E-state index in [1.807, 2.05) is 0 Å². The van der Waals surface area contributed by atoms with Crippen molar-refractivity contribution >= 4 is 28.6 Å². The highest BCUT2D eigenvalue weighted by atomic mass is 19.1. The first-order valence-corrected chi connectivity index (χ1v) is 10.6. The molecule has 2 amide bonds. The van der Waals surface area contributed by atoms with Crippen LogP contribution in [0.1, 0.15) is 23.1 Å². The molecule has 1 unspecified atom stereocenters. The summed E-state index contributed by atoms with van der Waals surface area (Å²) in [4.78, 5) is 27.3. The topological polar surface area (TPSA) is 91.1 Å².